The fraction of sp³-hybridized carbons (Fsp3) is 0.556. The number of nitrogens with zero attached hydrogens (tertiary/aromatic N) is 1. The normalized spacial score (nSPS) is 20.3. The molecule has 1 aromatic carbocycles. The average molecular weight is 463 g/mol. The van der Waals surface area contributed by atoms with E-state index in [1.807, 2.05) is 13.8 Å². The first-order valence-corrected chi connectivity index (χ1v) is 13.1. The minimum absolute atomic E-state index is 0.0880. The number of carboxylic acid groups (broad SMARTS) is 1. The number of morpholine rings is 1. The highest BCUT2D eigenvalue weighted by Gasteiger charge is 2.32. The Kier molecular flexibility index (Phi) is 9.28. The summed E-state index contributed by atoms with van der Waals surface area (Å²) in [6.07, 6.45) is -0.275. The van der Waals surface area contributed by atoms with Gasteiger partial charge in [0.15, 0.2) is 0 Å². The molecule has 11 heteroatoms. The largest absolute Gasteiger partial charge is 0.481 e. The summed E-state index contributed by atoms with van der Waals surface area (Å²) in [6.45, 7) is 4.62. The molecule has 0 aromatic heterocycles. The van der Waals surface area contributed by atoms with E-state index in [1.165, 1.54) is 38.0 Å². The van der Waals surface area contributed by atoms with Gasteiger partial charge in [-0.1, -0.05) is 27.7 Å². The molecule has 1 aliphatic heterocycles. The Morgan fingerprint density at radius 3 is 2.52 bits per heavy atom. The zero-order valence-corrected chi connectivity index (χ0v) is 18.8. The Bertz CT molecular complexity index is 808. The van der Waals surface area contributed by atoms with E-state index in [2.05, 4.69) is 5.32 Å². The van der Waals surface area contributed by atoms with E-state index >= 15 is 0 Å². The average Bonchev–Trinajstić information content (AvgIpc) is 2.66. The molecule has 1 amide bonds. The van der Waals surface area contributed by atoms with Crippen molar-refractivity contribution in [1.29, 1.82) is 0 Å². The highest BCUT2D eigenvalue weighted by atomic mass is 33.1. The first-order valence-electron chi connectivity index (χ1n) is 9.20. The van der Waals surface area contributed by atoms with Crippen LogP contribution in [-0.4, -0.2) is 73.1 Å². The summed E-state index contributed by atoms with van der Waals surface area (Å²) in [5.74, 6) is -0.0476. The maximum atomic E-state index is 13.0. The molecule has 0 radical (unpaired) electrons. The monoisotopic (exact) mass is 462 g/mol. The van der Waals surface area contributed by atoms with Gasteiger partial charge < -0.3 is 15.2 Å². The predicted octanol–water partition coefficient (Wildman–Crippen LogP) is 2.07. The van der Waals surface area contributed by atoms with Gasteiger partial charge in [-0.2, -0.15) is 4.31 Å². The van der Waals surface area contributed by atoms with Crippen molar-refractivity contribution in [3.63, 3.8) is 0 Å². The van der Waals surface area contributed by atoms with Crippen LogP contribution in [-0.2, 0) is 19.6 Å². The molecule has 29 heavy (non-hydrogen) atoms. The predicted molar refractivity (Wildman–Crippen MR) is 115 cm³/mol. The van der Waals surface area contributed by atoms with Crippen LogP contribution < -0.4 is 5.32 Å². The van der Waals surface area contributed by atoms with Crippen molar-refractivity contribution in [2.24, 2.45) is 0 Å². The minimum Gasteiger partial charge on any atom is -0.481 e. The van der Waals surface area contributed by atoms with Gasteiger partial charge >= 0.3 is 5.97 Å². The number of aliphatic carboxylic acids is 1. The van der Waals surface area contributed by atoms with Gasteiger partial charge in [0.25, 0.3) is 5.91 Å². The quantitative estimate of drug-likeness (QED) is 0.401. The van der Waals surface area contributed by atoms with Crippen molar-refractivity contribution in [3.8, 4) is 0 Å². The van der Waals surface area contributed by atoms with E-state index in [1.54, 1.807) is 12.1 Å². The first kappa shape index (κ1) is 24.0. The lowest BCUT2D eigenvalue weighted by Crippen LogP contribution is -2.48. The molecule has 1 fully saturated rings. The van der Waals surface area contributed by atoms with Crippen molar-refractivity contribution >= 4 is 43.5 Å². The number of carbonyl (C=O) groups excluding carboxylic acids is 1. The van der Waals surface area contributed by atoms with E-state index in [0.29, 0.717) is 18.1 Å². The lowest BCUT2D eigenvalue weighted by atomic mass is 10.2. The van der Waals surface area contributed by atoms with Crippen molar-refractivity contribution in [3.05, 3.63) is 29.8 Å². The summed E-state index contributed by atoms with van der Waals surface area (Å²) in [7, 11) is -0.785. The number of amides is 1. The summed E-state index contributed by atoms with van der Waals surface area (Å²) in [4.78, 5) is 22.9. The smallest absolute Gasteiger partial charge is 0.304 e. The maximum Gasteiger partial charge on any atom is 0.304 e. The molecule has 0 saturated carbocycles. The molecule has 0 bridgehead atoms. The van der Waals surface area contributed by atoms with Crippen LogP contribution in [0.1, 0.15) is 30.6 Å². The number of rotatable bonds is 10. The molecule has 2 N–H and O–H groups in total. The van der Waals surface area contributed by atoms with E-state index in [-0.39, 0.29) is 48.1 Å². The Morgan fingerprint density at radius 2 is 1.86 bits per heavy atom. The van der Waals surface area contributed by atoms with Gasteiger partial charge in [0, 0.05) is 36.7 Å². The van der Waals surface area contributed by atoms with Crippen LogP contribution in [0.25, 0.3) is 0 Å². The molecule has 1 aromatic rings. The van der Waals surface area contributed by atoms with Gasteiger partial charge in [0.1, 0.15) is 0 Å². The van der Waals surface area contributed by atoms with Crippen molar-refractivity contribution in [1.82, 2.24) is 9.62 Å². The SMILES string of the molecule is CC1CN(S(=O)(=O)c2cccc(C(=O)NCCSSCCC(=O)O)c2)CC(C)O1. The fourth-order valence-corrected chi connectivity index (χ4v) is 6.35. The van der Waals surface area contributed by atoms with Crippen LogP contribution in [0.2, 0.25) is 0 Å². The van der Waals surface area contributed by atoms with E-state index in [0.717, 1.165) is 0 Å². The van der Waals surface area contributed by atoms with Crippen molar-refractivity contribution in [2.45, 2.75) is 37.4 Å². The molecule has 0 spiro atoms. The number of carbonyl (C=O) groups is 2. The van der Waals surface area contributed by atoms with Crippen LogP contribution in [0.15, 0.2) is 29.2 Å². The number of ether oxygens (including phenoxy) is 1. The van der Waals surface area contributed by atoms with Gasteiger partial charge in [0.2, 0.25) is 10.0 Å². The second kappa shape index (κ2) is 11.2. The second-order valence-electron chi connectivity index (χ2n) is 6.65. The van der Waals surface area contributed by atoms with Crippen LogP contribution in [0.3, 0.4) is 0 Å². The van der Waals surface area contributed by atoms with Crippen molar-refractivity contribution in [2.75, 3.05) is 31.1 Å². The summed E-state index contributed by atoms with van der Waals surface area (Å²) in [5.41, 5.74) is 0.281. The Balaban J connectivity index is 1.91. The number of carboxylic acids is 1. The molecular weight excluding hydrogens is 436 g/mol. The zero-order valence-electron chi connectivity index (χ0n) is 16.4. The van der Waals surface area contributed by atoms with Crippen LogP contribution in [0, 0.1) is 0 Å². The van der Waals surface area contributed by atoms with Gasteiger partial charge in [-0.25, -0.2) is 8.42 Å². The summed E-state index contributed by atoms with van der Waals surface area (Å²) in [5, 5.41) is 11.3. The number of hydrogen-bond acceptors (Lipinski definition) is 7. The van der Waals surface area contributed by atoms with Gasteiger partial charge in [0.05, 0.1) is 23.5 Å². The molecule has 2 unspecified atom stereocenters. The Hall–Kier alpha value is -1.27. The highest BCUT2D eigenvalue weighted by Crippen LogP contribution is 2.22. The van der Waals surface area contributed by atoms with Crippen LogP contribution >= 0.6 is 21.6 Å². The maximum absolute atomic E-state index is 13.0. The second-order valence-corrected chi connectivity index (χ2v) is 11.3. The number of sulfonamides is 1. The summed E-state index contributed by atoms with van der Waals surface area (Å²) >= 11 is 0. The third-order valence-electron chi connectivity index (χ3n) is 4.07. The Labute approximate surface area is 179 Å². The number of benzene rings is 1. The summed E-state index contributed by atoms with van der Waals surface area (Å²) < 4.78 is 32.9. The number of hydrogen-bond donors (Lipinski definition) is 2. The van der Waals surface area contributed by atoms with Crippen LogP contribution in [0.5, 0.6) is 0 Å². The van der Waals surface area contributed by atoms with E-state index < -0.39 is 16.0 Å². The molecule has 0 aliphatic carbocycles. The highest BCUT2D eigenvalue weighted by molar-refractivity contribution is 8.76. The topological polar surface area (TPSA) is 113 Å². The third-order valence-corrected chi connectivity index (χ3v) is 8.31. The molecule has 2 atom stereocenters. The minimum atomic E-state index is -3.71. The molecule has 8 nitrogen and oxygen atoms in total. The van der Waals surface area contributed by atoms with E-state index in [9.17, 15) is 18.0 Å². The van der Waals surface area contributed by atoms with Crippen LogP contribution in [0.4, 0.5) is 0 Å². The first-order chi connectivity index (χ1) is 13.7. The van der Waals surface area contributed by atoms with Crippen molar-refractivity contribution < 1.29 is 27.9 Å². The van der Waals surface area contributed by atoms with Gasteiger partial charge in [-0.3, -0.25) is 9.59 Å². The molecule has 1 aliphatic rings. The summed E-state index contributed by atoms with van der Waals surface area (Å²) in [6, 6.07) is 6.02. The molecule has 1 saturated heterocycles. The third kappa shape index (κ3) is 7.49. The Morgan fingerprint density at radius 1 is 1.21 bits per heavy atom. The van der Waals surface area contributed by atoms with Gasteiger partial charge in [-0.05, 0) is 32.0 Å². The lowest BCUT2D eigenvalue weighted by molar-refractivity contribution is -0.136. The zero-order chi connectivity index (χ0) is 21.4. The lowest BCUT2D eigenvalue weighted by Gasteiger charge is -2.34. The number of nitrogens with one attached hydrogen (secondary N) is 1. The molecule has 162 valence electrons. The van der Waals surface area contributed by atoms with E-state index in [4.69, 9.17) is 9.84 Å². The fourth-order valence-electron chi connectivity index (χ4n) is 2.83. The van der Waals surface area contributed by atoms with Gasteiger partial charge in [-0.15, -0.1) is 0 Å². The molecule has 2 rings (SSSR count). The molecule has 1 heterocycles. The standard InChI is InChI=1S/C18H26N2O6S3/c1-13-11-20(12-14(2)26-13)29(24,25)16-5-3-4-15(10-16)18(23)19-7-9-28-27-8-6-17(21)22/h3-5,10,13-14H,6-9,11-12H2,1-2H3,(H,19,23)(H,21,22). The molecular formula is C18H26N2O6S3.